The summed E-state index contributed by atoms with van der Waals surface area (Å²) in [6, 6.07) is 0. The second-order valence-corrected chi connectivity index (χ2v) is 6.38. The number of nitrogens with one attached hydrogen (secondary N) is 1. The molecule has 4 heteroatoms. The number of carbonyl (C=O) groups excluding carboxylic acids is 1. The Balaban J connectivity index is 1.77. The highest BCUT2D eigenvalue weighted by molar-refractivity contribution is 5.76. The Bertz CT molecular complexity index is 289. The van der Waals surface area contributed by atoms with Gasteiger partial charge in [0.1, 0.15) is 0 Å². The number of rotatable bonds is 6. The molecule has 0 aromatic heterocycles. The lowest BCUT2D eigenvalue weighted by Gasteiger charge is -2.40. The molecule has 2 aliphatic rings. The van der Waals surface area contributed by atoms with Crippen molar-refractivity contribution in [3.63, 3.8) is 0 Å². The summed E-state index contributed by atoms with van der Waals surface area (Å²) in [5, 5.41) is 12.5. The van der Waals surface area contributed by atoms with Gasteiger partial charge in [-0.05, 0) is 37.6 Å². The first-order chi connectivity index (χ1) is 8.64. The fraction of sp³-hybridized carbons (Fsp3) is 0.929. The predicted octanol–water partition coefficient (Wildman–Crippen LogP) is 1.17. The molecular formula is C14H26N2O2. The van der Waals surface area contributed by atoms with E-state index in [-0.39, 0.29) is 23.3 Å². The van der Waals surface area contributed by atoms with Crippen LogP contribution in [0.5, 0.6) is 0 Å². The molecule has 0 aliphatic heterocycles. The molecule has 4 nitrogen and oxygen atoms in total. The minimum absolute atomic E-state index is 0.0504. The predicted molar refractivity (Wildman–Crippen MR) is 71.0 cm³/mol. The Hall–Kier alpha value is -0.610. The van der Waals surface area contributed by atoms with Gasteiger partial charge in [0.05, 0.1) is 6.61 Å². The highest BCUT2D eigenvalue weighted by Gasteiger charge is 2.38. The molecule has 104 valence electrons. The number of amides is 1. The van der Waals surface area contributed by atoms with Crippen LogP contribution < -0.4 is 11.1 Å². The van der Waals surface area contributed by atoms with Gasteiger partial charge in [-0.15, -0.1) is 0 Å². The van der Waals surface area contributed by atoms with Crippen molar-refractivity contribution >= 4 is 5.91 Å². The van der Waals surface area contributed by atoms with E-state index in [9.17, 15) is 9.90 Å². The van der Waals surface area contributed by atoms with Crippen LogP contribution in [0, 0.1) is 10.8 Å². The average Bonchev–Trinajstić information content (AvgIpc) is 2.81. The number of hydrogen-bond donors (Lipinski definition) is 3. The summed E-state index contributed by atoms with van der Waals surface area (Å²) in [6.07, 6.45) is 8.34. The van der Waals surface area contributed by atoms with Crippen molar-refractivity contribution in [1.29, 1.82) is 0 Å². The van der Waals surface area contributed by atoms with E-state index in [1.165, 1.54) is 19.3 Å². The molecule has 0 aromatic carbocycles. The van der Waals surface area contributed by atoms with Crippen LogP contribution in [0.15, 0.2) is 0 Å². The Morgan fingerprint density at radius 1 is 1.11 bits per heavy atom. The molecule has 1 amide bonds. The van der Waals surface area contributed by atoms with E-state index in [0.717, 1.165) is 25.7 Å². The zero-order valence-electron chi connectivity index (χ0n) is 11.2. The highest BCUT2D eigenvalue weighted by atomic mass is 16.3. The summed E-state index contributed by atoms with van der Waals surface area (Å²) < 4.78 is 0. The zero-order valence-corrected chi connectivity index (χ0v) is 11.2. The SMILES string of the molecule is NCC1(CC(=O)NCC2(CO)CCCC2)CCC1. The molecule has 2 rings (SSSR count). The summed E-state index contributed by atoms with van der Waals surface area (Å²) in [5.74, 6) is 0.111. The number of carbonyl (C=O) groups is 1. The maximum Gasteiger partial charge on any atom is 0.220 e. The molecule has 0 spiro atoms. The van der Waals surface area contributed by atoms with E-state index < -0.39 is 0 Å². The third-order valence-electron chi connectivity index (χ3n) is 5.04. The molecule has 4 N–H and O–H groups in total. The van der Waals surface area contributed by atoms with Crippen LogP contribution in [0.25, 0.3) is 0 Å². The monoisotopic (exact) mass is 254 g/mol. The molecule has 2 aliphatic carbocycles. The van der Waals surface area contributed by atoms with Crippen LogP contribution in [-0.4, -0.2) is 30.7 Å². The molecule has 18 heavy (non-hydrogen) atoms. The molecule has 2 fully saturated rings. The van der Waals surface area contributed by atoms with Gasteiger partial charge in [-0.2, -0.15) is 0 Å². The second-order valence-electron chi connectivity index (χ2n) is 6.38. The van der Waals surface area contributed by atoms with E-state index in [0.29, 0.717) is 19.5 Å². The van der Waals surface area contributed by atoms with Crippen molar-refractivity contribution in [1.82, 2.24) is 5.32 Å². The quantitative estimate of drug-likeness (QED) is 0.666. The van der Waals surface area contributed by atoms with Crippen LogP contribution in [0.3, 0.4) is 0 Å². The standard InChI is InChI=1S/C14H26N2O2/c15-9-13(6-3-7-13)8-12(18)16-10-14(11-17)4-1-2-5-14/h17H,1-11,15H2,(H,16,18). The van der Waals surface area contributed by atoms with E-state index in [2.05, 4.69) is 5.32 Å². The van der Waals surface area contributed by atoms with Crippen LogP contribution in [0.2, 0.25) is 0 Å². The Morgan fingerprint density at radius 2 is 1.72 bits per heavy atom. The lowest BCUT2D eigenvalue weighted by Crippen LogP contribution is -2.44. The maximum atomic E-state index is 12.0. The van der Waals surface area contributed by atoms with Crippen molar-refractivity contribution in [2.45, 2.75) is 51.4 Å². The average molecular weight is 254 g/mol. The van der Waals surface area contributed by atoms with E-state index >= 15 is 0 Å². The molecule has 0 atom stereocenters. The molecule has 0 saturated heterocycles. The highest BCUT2D eigenvalue weighted by Crippen LogP contribution is 2.43. The first-order valence-electron chi connectivity index (χ1n) is 7.21. The van der Waals surface area contributed by atoms with Crippen molar-refractivity contribution in [3.05, 3.63) is 0 Å². The van der Waals surface area contributed by atoms with Gasteiger partial charge >= 0.3 is 0 Å². The van der Waals surface area contributed by atoms with Crippen LogP contribution in [-0.2, 0) is 4.79 Å². The van der Waals surface area contributed by atoms with Gasteiger partial charge in [0.2, 0.25) is 5.91 Å². The number of nitrogens with two attached hydrogens (primary N) is 1. The van der Waals surface area contributed by atoms with Gasteiger partial charge in [0, 0.05) is 18.4 Å². The van der Waals surface area contributed by atoms with Crippen LogP contribution >= 0.6 is 0 Å². The third kappa shape index (κ3) is 2.86. The summed E-state index contributed by atoms with van der Waals surface area (Å²) >= 11 is 0. The van der Waals surface area contributed by atoms with Crippen LogP contribution in [0.1, 0.15) is 51.4 Å². The number of aliphatic hydroxyl groups excluding tert-OH is 1. The van der Waals surface area contributed by atoms with Crippen molar-refractivity contribution in [2.24, 2.45) is 16.6 Å². The zero-order chi connectivity index (χ0) is 13.1. The van der Waals surface area contributed by atoms with Gasteiger partial charge in [-0.1, -0.05) is 19.3 Å². The Labute approximate surface area is 109 Å². The van der Waals surface area contributed by atoms with Gasteiger partial charge in [0.25, 0.3) is 0 Å². The van der Waals surface area contributed by atoms with Crippen LogP contribution in [0.4, 0.5) is 0 Å². The normalized spacial score (nSPS) is 24.6. The van der Waals surface area contributed by atoms with E-state index in [4.69, 9.17) is 5.73 Å². The smallest absolute Gasteiger partial charge is 0.220 e. The lowest BCUT2D eigenvalue weighted by atomic mass is 9.66. The fourth-order valence-electron chi connectivity index (χ4n) is 3.33. The van der Waals surface area contributed by atoms with Gasteiger partial charge in [-0.25, -0.2) is 0 Å². The van der Waals surface area contributed by atoms with Gasteiger partial charge in [0.15, 0.2) is 0 Å². The van der Waals surface area contributed by atoms with Crippen molar-refractivity contribution in [2.75, 3.05) is 19.7 Å². The Morgan fingerprint density at radius 3 is 2.17 bits per heavy atom. The lowest BCUT2D eigenvalue weighted by molar-refractivity contribution is -0.125. The summed E-state index contributed by atoms with van der Waals surface area (Å²) in [5.41, 5.74) is 5.79. The van der Waals surface area contributed by atoms with Gasteiger partial charge in [-0.3, -0.25) is 4.79 Å². The fourth-order valence-corrected chi connectivity index (χ4v) is 3.33. The van der Waals surface area contributed by atoms with Crippen molar-refractivity contribution in [3.8, 4) is 0 Å². The number of aliphatic hydroxyl groups is 1. The first kappa shape index (κ1) is 13.8. The summed E-state index contributed by atoms with van der Waals surface area (Å²) in [4.78, 5) is 12.0. The second kappa shape index (κ2) is 5.57. The molecule has 0 heterocycles. The van der Waals surface area contributed by atoms with Gasteiger partial charge < -0.3 is 16.2 Å². The topological polar surface area (TPSA) is 75.4 Å². The number of hydrogen-bond acceptors (Lipinski definition) is 3. The maximum absolute atomic E-state index is 12.0. The Kier molecular flexibility index (Phi) is 4.28. The minimum Gasteiger partial charge on any atom is -0.396 e. The first-order valence-corrected chi connectivity index (χ1v) is 7.21. The molecule has 0 aromatic rings. The molecule has 2 saturated carbocycles. The third-order valence-corrected chi connectivity index (χ3v) is 5.04. The van der Waals surface area contributed by atoms with Crippen molar-refractivity contribution < 1.29 is 9.90 Å². The molecular weight excluding hydrogens is 228 g/mol. The van der Waals surface area contributed by atoms with E-state index in [1.807, 2.05) is 0 Å². The largest absolute Gasteiger partial charge is 0.396 e. The summed E-state index contributed by atoms with van der Waals surface area (Å²) in [6.45, 7) is 1.43. The molecule has 0 radical (unpaired) electrons. The molecule has 0 bridgehead atoms. The summed E-state index contributed by atoms with van der Waals surface area (Å²) in [7, 11) is 0. The molecule has 0 unspecified atom stereocenters. The minimum atomic E-state index is -0.0504. The van der Waals surface area contributed by atoms with E-state index in [1.54, 1.807) is 0 Å².